The SMILES string of the molecule is CCN(Cc1cccc(C)c1)C(=O)CC(N)C1CC1. The van der Waals surface area contributed by atoms with Gasteiger partial charge in [-0.3, -0.25) is 4.79 Å². The molecular formula is C16H24N2O. The Morgan fingerprint density at radius 3 is 2.79 bits per heavy atom. The van der Waals surface area contributed by atoms with Gasteiger partial charge in [0.05, 0.1) is 0 Å². The van der Waals surface area contributed by atoms with Crippen molar-refractivity contribution in [2.24, 2.45) is 11.7 Å². The molecule has 0 saturated heterocycles. The van der Waals surface area contributed by atoms with E-state index < -0.39 is 0 Å². The highest BCUT2D eigenvalue weighted by atomic mass is 16.2. The number of aryl methyl sites for hydroxylation is 1. The smallest absolute Gasteiger partial charge is 0.224 e. The van der Waals surface area contributed by atoms with Crippen molar-refractivity contribution < 1.29 is 4.79 Å². The van der Waals surface area contributed by atoms with E-state index in [1.807, 2.05) is 17.9 Å². The van der Waals surface area contributed by atoms with E-state index in [0.29, 0.717) is 18.9 Å². The first kappa shape index (κ1) is 14.1. The Balaban J connectivity index is 1.93. The summed E-state index contributed by atoms with van der Waals surface area (Å²) in [6.07, 6.45) is 2.88. The average Bonchev–Trinajstić information content (AvgIpc) is 3.20. The molecule has 3 nitrogen and oxygen atoms in total. The quantitative estimate of drug-likeness (QED) is 0.854. The van der Waals surface area contributed by atoms with Gasteiger partial charge in [-0.1, -0.05) is 29.8 Å². The van der Waals surface area contributed by atoms with E-state index in [9.17, 15) is 4.79 Å². The summed E-state index contributed by atoms with van der Waals surface area (Å²) >= 11 is 0. The zero-order chi connectivity index (χ0) is 13.8. The lowest BCUT2D eigenvalue weighted by atomic mass is 10.1. The fraction of sp³-hybridized carbons (Fsp3) is 0.562. The standard InChI is InChI=1S/C16H24N2O/c1-3-18(11-13-6-4-5-12(2)9-13)16(19)10-15(17)14-7-8-14/h4-6,9,14-15H,3,7-8,10-11,17H2,1-2H3. The topological polar surface area (TPSA) is 46.3 Å². The van der Waals surface area contributed by atoms with Crippen LogP contribution in [0.5, 0.6) is 0 Å². The first-order valence-electron chi connectivity index (χ1n) is 7.19. The summed E-state index contributed by atoms with van der Waals surface area (Å²) in [5, 5.41) is 0. The molecule has 19 heavy (non-hydrogen) atoms. The molecule has 1 aliphatic rings. The molecule has 1 aliphatic carbocycles. The Labute approximate surface area is 115 Å². The number of hydrogen-bond acceptors (Lipinski definition) is 2. The molecule has 3 heteroatoms. The molecule has 0 bridgehead atoms. The second-order valence-corrected chi connectivity index (χ2v) is 5.60. The van der Waals surface area contributed by atoms with Crippen molar-refractivity contribution in [1.82, 2.24) is 4.90 Å². The van der Waals surface area contributed by atoms with E-state index >= 15 is 0 Å². The van der Waals surface area contributed by atoms with Crippen LogP contribution in [0.2, 0.25) is 0 Å². The van der Waals surface area contributed by atoms with Gasteiger partial charge in [0, 0.05) is 25.6 Å². The first-order chi connectivity index (χ1) is 9.10. The van der Waals surface area contributed by atoms with Gasteiger partial charge < -0.3 is 10.6 Å². The molecular weight excluding hydrogens is 236 g/mol. The molecule has 1 fully saturated rings. The normalized spacial score (nSPS) is 16.2. The zero-order valence-corrected chi connectivity index (χ0v) is 11.9. The predicted octanol–water partition coefficient (Wildman–Crippen LogP) is 2.47. The number of amides is 1. The number of carbonyl (C=O) groups excluding carboxylic acids is 1. The largest absolute Gasteiger partial charge is 0.339 e. The maximum Gasteiger partial charge on any atom is 0.224 e. The second-order valence-electron chi connectivity index (χ2n) is 5.60. The number of carbonyl (C=O) groups is 1. The van der Waals surface area contributed by atoms with E-state index in [1.165, 1.54) is 24.0 Å². The van der Waals surface area contributed by atoms with Crippen LogP contribution in [0.4, 0.5) is 0 Å². The molecule has 0 aliphatic heterocycles. The Kier molecular flexibility index (Phi) is 4.59. The lowest BCUT2D eigenvalue weighted by molar-refractivity contribution is -0.132. The Bertz CT molecular complexity index is 440. The maximum atomic E-state index is 12.3. The molecule has 1 aromatic carbocycles. The molecule has 1 saturated carbocycles. The van der Waals surface area contributed by atoms with Crippen LogP contribution in [0.3, 0.4) is 0 Å². The van der Waals surface area contributed by atoms with Gasteiger partial charge in [-0.2, -0.15) is 0 Å². The van der Waals surface area contributed by atoms with Gasteiger partial charge >= 0.3 is 0 Å². The monoisotopic (exact) mass is 260 g/mol. The van der Waals surface area contributed by atoms with E-state index in [2.05, 4.69) is 25.1 Å². The number of benzene rings is 1. The summed E-state index contributed by atoms with van der Waals surface area (Å²) in [6, 6.07) is 8.38. The molecule has 1 atom stereocenters. The van der Waals surface area contributed by atoms with Gasteiger partial charge in [-0.05, 0) is 38.2 Å². The molecule has 2 N–H and O–H groups in total. The van der Waals surface area contributed by atoms with Gasteiger partial charge in [0.25, 0.3) is 0 Å². The van der Waals surface area contributed by atoms with Gasteiger partial charge in [-0.25, -0.2) is 0 Å². The molecule has 0 spiro atoms. The minimum Gasteiger partial charge on any atom is -0.339 e. The van der Waals surface area contributed by atoms with Crippen LogP contribution in [0.25, 0.3) is 0 Å². The van der Waals surface area contributed by atoms with E-state index in [4.69, 9.17) is 5.73 Å². The third-order valence-electron chi connectivity index (χ3n) is 3.83. The predicted molar refractivity (Wildman–Crippen MR) is 77.6 cm³/mol. The highest BCUT2D eigenvalue weighted by molar-refractivity contribution is 5.76. The first-order valence-corrected chi connectivity index (χ1v) is 7.19. The lowest BCUT2D eigenvalue weighted by Crippen LogP contribution is -2.36. The lowest BCUT2D eigenvalue weighted by Gasteiger charge is -2.23. The van der Waals surface area contributed by atoms with Gasteiger partial charge in [0.1, 0.15) is 0 Å². The van der Waals surface area contributed by atoms with Crippen LogP contribution in [-0.2, 0) is 11.3 Å². The minimum atomic E-state index is 0.0547. The Morgan fingerprint density at radius 1 is 1.47 bits per heavy atom. The fourth-order valence-electron chi connectivity index (χ4n) is 2.43. The summed E-state index contributed by atoms with van der Waals surface area (Å²) < 4.78 is 0. The summed E-state index contributed by atoms with van der Waals surface area (Å²) in [7, 11) is 0. The number of nitrogens with two attached hydrogens (primary N) is 1. The molecule has 2 rings (SSSR count). The molecule has 1 aromatic rings. The number of hydrogen-bond donors (Lipinski definition) is 1. The molecule has 104 valence electrons. The van der Waals surface area contributed by atoms with Gasteiger partial charge in [0.15, 0.2) is 0 Å². The van der Waals surface area contributed by atoms with Crippen LogP contribution in [0.1, 0.15) is 37.3 Å². The molecule has 1 amide bonds. The van der Waals surface area contributed by atoms with Crippen molar-refractivity contribution in [2.75, 3.05) is 6.54 Å². The van der Waals surface area contributed by atoms with Crippen LogP contribution in [0, 0.1) is 12.8 Å². The van der Waals surface area contributed by atoms with Crippen LogP contribution in [0.15, 0.2) is 24.3 Å². The van der Waals surface area contributed by atoms with E-state index in [0.717, 1.165) is 6.54 Å². The van der Waals surface area contributed by atoms with Crippen molar-refractivity contribution in [2.45, 2.75) is 45.7 Å². The molecule has 1 unspecified atom stereocenters. The average molecular weight is 260 g/mol. The van der Waals surface area contributed by atoms with E-state index in [-0.39, 0.29) is 11.9 Å². The zero-order valence-electron chi connectivity index (χ0n) is 11.9. The second kappa shape index (κ2) is 6.20. The third kappa shape index (κ3) is 4.06. The van der Waals surface area contributed by atoms with Crippen molar-refractivity contribution in [3.8, 4) is 0 Å². The summed E-state index contributed by atoms with van der Waals surface area (Å²) in [5.41, 5.74) is 8.46. The van der Waals surface area contributed by atoms with E-state index in [1.54, 1.807) is 0 Å². The molecule has 0 aromatic heterocycles. The van der Waals surface area contributed by atoms with Gasteiger partial charge in [0.2, 0.25) is 5.91 Å². The van der Waals surface area contributed by atoms with Gasteiger partial charge in [-0.15, -0.1) is 0 Å². The summed E-state index contributed by atoms with van der Waals surface area (Å²) in [5.74, 6) is 0.769. The highest BCUT2D eigenvalue weighted by Crippen LogP contribution is 2.33. The number of rotatable bonds is 6. The van der Waals surface area contributed by atoms with Crippen molar-refractivity contribution in [3.05, 3.63) is 35.4 Å². The van der Waals surface area contributed by atoms with Crippen LogP contribution < -0.4 is 5.73 Å². The highest BCUT2D eigenvalue weighted by Gasteiger charge is 2.30. The third-order valence-corrected chi connectivity index (χ3v) is 3.83. The Morgan fingerprint density at radius 2 is 2.21 bits per heavy atom. The summed E-state index contributed by atoms with van der Waals surface area (Å²) in [6.45, 7) is 5.53. The van der Waals surface area contributed by atoms with Crippen LogP contribution in [-0.4, -0.2) is 23.4 Å². The number of nitrogens with zero attached hydrogens (tertiary/aromatic N) is 1. The molecule has 0 heterocycles. The fourth-order valence-corrected chi connectivity index (χ4v) is 2.43. The van der Waals surface area contributed by atoms with Crippen molar-refractivity contribution >= 4 is 5.91 Å². The van der Waals surface area contributed by atoms with Crippen molar-refractivity contribution in [1.29, 1.82) is 0 Å². The molecule has 0 radical (unpaired) electrons. The minimum absolute atomic E-state index is 0.0547. The Hall–Kier alpha value is -1.35. The maximum absolute atomic E-state index is 12.3. The van der Waals surface area contributed by atoms with Crippen LogP contribution >= 0.6 is 0 Å². The summed E-state index contributed by atoms with van der Waals surface area (Å²) in [4.78, 5) is 14.2. The van der Waals surface area contributed by atoms with Crippen molar-refractivity contribution in [3.63, 3.8) is 0 Å².